The van der Waals surface area contributed by atoms with Gasteiger partial charge in [-0.1, -0.05) is 6.92 Å². The third-order valence-electron chi connectivity index (χ3n) is 5.18. The quantitative estimate of drug-likeness (QED) is 0.716. The van der Waals surface area contributed by atoms with Crippen molar-refractivity contribution in [3.63, 3.8) is 0 Å². The van der Waals surface area contributed by atoms with E-state index in [1.165, 1.54) is 40.8 Å². The summed E-state index contributed by atoms with van der Waals surface area (Å²) in [7, 11) is 1.68. The molecule has 136 valence electrons. The van der Waals surface area contributed by atoms with Crippen molar-refractivity contribution in [2.24, 2.45) is 0 Å². The number of aromatic nitrogens is 2. The van der Waals surface area contributed by atoms with Crippen LogP contribution in [0.3, 0.4) is 0 Å². The molecular formula is C20H23N3O2S. The summed E-state index contributed by atoms with van der Waals surface area (Å²) in [5.74, 6) is 0.819. The second-order valence-corrected chi connectivity index (χ2v) is 7.53. The van der Waals surface area contributed by atoms with Crippen LogP contribution in [0.1, 0.15) is 43.5 Å². The Morgan fingerprint density at radius 3 is 2.96 bits per heavy atom. The summed E-state index contributed by atoms with van der Waals surface area (Å²) < 4.78 is 7.69. The van der Waals surface area contributed by atoms with E-state index in [0.717, 1.165) is 30.5 Å². The van der Waals surface area contributed by atoms with Crippen molar-refractivity contribution < 1.29 is 9.53 Å². The zero-order valence-corrected chi connectivity index (χ0v) is 15.9. The van der Waals surface area contributed by atoms with Gasteiger partial charge in [-0.3, -0.25) is 4.79 Å². The molecule has 0 spiro atoms. The molecule has 0 bridgehead atoms. The smallest absolute Gasteiger partial charge is 0.249 e. The molecule has 1 amide bonds. The summed E-state index contributed by atoms with van der Waals surface area (Å²) in [5.41, 5.74) is 3.80. The minimum atomic E-state index is -0.254. The molecule has 26 heavy (non-hydrogen) atoms. The van der Waals surface area contributed by atoms with Gasteiger partial charge in [-0.05, 0) is 49.8 Å². The highest BCUT2D eigenvalue weighted by Gasteiger charge is 2.28. The van der Waals surface area contributed by atoms with Gasteiger partial charge >= 0.3 is 0 Å². The number of methoxy groups -OCH3 is 1. The van der Waals surface area contributed by atoms with Gasteiger partial charge in [0.15, 0.2) is 5.13 Å². The Balaban J connectivity index is 1.83. The molecule has 0 aliphatic heterocycles. The van der Waals surface area contributed by atoms with E-state index in [1.807, 2.05) is 11.4 Å². The van der Waals surface area contributed by atoms with Gasteiger partial charge < -0.3 is 14.6 Å². The van der Waals surface area contributed by atoms with E-state index in [2.05, 4.69) is 33.9 Å². The number of carbonyl (C=O) groups excluding carboxylic acids is 1. The number of nitrogens with one attached hydrogen (secondary N) is 1. The van der Waals surface area contributed by atoms with Crippen molar-refractivity contribution in [1.82, 2.24) is 9.55 Å². The Hall–Kier alpha value is -2.34. The summed E-state index contributed by atoms with van der Waals surface area (Å²) in [4.78, 5) is 17.2. The summed E-state index contributed by atoms with van der Waals surface area (Å²) in [6.45, 7) is 2.06. The van der Waals surface area contributed by atoms with Crippen molar-refractivity contribution in [3.05, 3.63) is 41.0 Å². The zero-order valence-electron chi connectivity index (χ0n) is 15.1. The molecule has 1 aromatic carbocycles. The Morgan fingerprint density at radius 1 is 1.38 bits per heavy atom. The first kappa shape index (κ1) is 17.1. The maximum atomic E-state index is 13.0. The maximum Gasteiger partial charge on any atom is 0.249 e. The molecule has 1 N–H and O–H groups in total. The SMILES string of the molecule is CCC(C(=O)Nc1nccs1)n1c2c(c3ccc(OC)cc31)CCCC2. The highest BCUT2D eigenvalue weighted by atomic mass is 32.1. The Morgan fingerprint density at radius 2 is 2.23 bits per heavy atom. The topological polar surface area (TPSA) is 56.2 Å². The molecule has 1 aliphatic rings. The van der Waals surface area contributed by atoms with Gasteiger partial charge in [0.25, 0.3) is 0 Å². The van der Waals surface area contributed by atoms with Crippen molar-refractivity contribution >= 4 is 33.3 Å². The van der Waals surface area contributed by atoms with E-state index in [9.17, 15) is 4.79 Å². The lowest BCUT2D eigenvalue weighted by Gasteiger charge is -2.22. The van der Waals surface area contributed by atoms with E-state index in [1.54, 1.807) is 13.3 Å². The van der Waals surface area contributed by atoms with Gasteiger partial charge in [0.1, 0.15) is 11.8 Å². The number of hydrogen-bond donors (Lipinski definition) is 1. The van der Waals surface area contributed by atoms with Crippen molar-refractivity contribution in [2.75, 3.05) is 12.4 Å². The summed E-state index contributed by atoms with van der Waals surface area (Å²) >= 11 is 1.44. The molecule has 3 aromatic rings. The molecule has 0 radical (unpaired) electrons. The lowest BCUT2D eigenvalue weighted by Crippen LogP contribution is -2.27. The molecular weight excluding hydrogens is 346 g/mol. The van der Waals surface area contributed by atoms with E-state index in [-0.39, 0.29) is 11.9 Å². The lowest BCUT2D eigenvalue weighted by atomic mass is 9.95. The van der Waals surface area contributed by atoms with Crippen LogP contribution < -0.4 is 10.1 Å². The molecule has 1 aliphatic carbocycles. The molecule has 1 unspecified atom stereocenters. The molecule has 0 saturated heterocycles. The highest BCUT2D eigenvalue weighted by Crippen LogP contribution is 2.37. The number of fused-ring (bicyclic) bond motifs is 3. The number of carbonyl (C=O) groups is 1. The third-order valence-corrected chi connectivity index (χ3v) is 5.87. The Labute approximate surface area is 157 Å². The molecule has 5 nitrogen and oxygen atoms in total. The summed E-state index contributed by atoms with van der Waals surface area (Å²) in [6.07, 6.45) is 6.91. The normalized spacial score (nSPS) is 14.8. The average molecular weight is 369 g/mol. The van der Waals surface area contributed by atoms with Crippen LogP contribution in [0.25, 0.3) is 10.9 Å². The number of nitrogens with zero attached hydrogens (tertiary/aromatic N) is 2. The van der Waals surface area contributed by atoms with Crippen LogP contribution in [0.4, 0.5) is 5.13 Å². The van der Waals surface area contributed by atoms with Crippen LogP contribution in [0, 0.1) is 0 Å². The van der Waals surface area contributed by atoms with Crippen LogP contribution in [0.15, 0.2) is 29.8 Å². The predicted octanol–water partition coefficient (Wildman–Crippen LogP) is 4.58. The Bertz CT molecular complexity index is 930. The number of aryl methyl sites for hydroxylation is 1. The van der Waals surface area contributed by atoms with Crippen LogP contribution in [0.2, 0.25) is 0 Å². The number of ether oxygens (including phenoxy) is 1. The molecule has 0 saturated carbocycles. The number of thiazole rings is 1. The van der Waals surface area contributed by atoms with E-state index < -0.39 is 0 Å². The fraction of sp³-hybridized carbons (Fsp3) is 0.400. The van der Waals surface area contributed by atoms with Crippen LogP contribution in [-0.4, -0.2) is 22.6 Å². The van der Waals surface area contributed by atoms with Crippen LogP contribution in [-0.2, 0) is 17.6 Å². The number of benzene rings is 1. The van der Waals surface area contributed by atoms with Gasteiger partial charge in [0.05, 0.1) is 12.6 Å². The van der Waals surface area contributed by atoms with Crippen LogP contribution >= 0.6 is 11.3 Å². The van der Waals surface area contributed by atoms with E-state index >= 15 is 0 Å². The number of hydrogen-bond acceptors (Lipinski definition) is 4. The molecule has 0 fully saturated rings. The fourth-order valence-electron chi connectivity index (χ4n) is 4.00. The maximum absolute atomic E-state index is 13.0. The predicted molar refractivity (Wildman–Crippen MR) is 105 cm³/mol. The van der Waals surface area contributed by atoms with Gasteiger partial charge in [0.2, 0.25) is 5.91 Å². The largest absolute Gasteiger partial charge is 0.497 e. The fourth-order valence-corrected chi connectivity index (χ4v) is 4.53. The molecule has 6 heteroatoms. The first-order chi connectivity index (χ1) is 12.7. The minimum absolute atomic E-state index is 0.00413. The standard InChI is InChI=1S/C20H23N3O2S/c1-3-16(19(24)22-20-21-10-11-26-20)23-17-7-5-4-6-14(17)15-9-8-13(25-2)12-18(15)23/h8-12,16H,3-7H2,1-2H3,(H,21,22,24). The van der Waals surface area contributed by atoms with Crippen molar-refractivity contribution in [3.8, 4) is 5.75 Å². The minimum Gasteiger partial charge on any atom is -0.497 e. The highest BCUT2D eigenvalue weighted by molar-refractivity contribution is 7.13. The van der Waals surface area contributed by atoms with Crippen LogP contribution in [0.5, 0.6) is 5.75 Å². The van der Waals surface area contributed by atoms with Gasteiger partial charge in [-0.15, -0.1) is 11.3 Å². The first-order valence-electron chi connectivity index (χ1n) is 9.13. The first-order valence-corrected chi connectivity index (χ1v) is 10.0. The van der Waals surface area contributed by atoms with E-state index in [4.69, 9.17) is 4.74 Å². The zero-order chi connectivity index (χ0) is 18.1. The Kier molecular flexibility index (Phi) is 4.68. The second-order valence-electron chi connectivity index (χ2n) is 6.64. The third kappa shape index (κ3) is 2.88. The average Bonchev–Trinajstić information content (AvgIpc) is 3.29. The summed E-state index contributed by atoms with van der Waals surface area (Å²) in [6, 6.07) is 5.96. The number of rotatable bonds is 5. The number of anilines is 1. The number of amides is 1. The molecule has 2 aromatic heterocycles. The molecule has 2 heterocycles. The second kappa shape index (κ2) is 7.11. The van der Waals surface area contributed by atoms with Crippen molar-refractivity contribution in [1.29, 1.82) is 0 Å². The summed E-state index contributed by atoms with van der Waals surface area (Å²) in [5, 5.41) is 6.75. The van der Waals surface area contributed by atoms with Crippen molar-refractivity contribution in [2.45, 2.75) is 45.1 Å². The monoisotopic (exact) mass is 369 g/mol. The molecule has 1 atom stereocenters. The van der Waals surface area contributed by atoms with Gasteiger partial charge in [0, 0.05) is 28.7 Å². The molecule has 4 rings (SSSR count). The van der Waals surface area contributed by atoms with E-state index in [0.29, 0.717) is 5.13 Å². The lowest BCUT2D eigenvalue weighted by molar-refractivity contribution is -0.119. The van der Waals surface area contributed by atoms with Gasteiger partial charge in [-0.2, -0.15) is 0 Å². The van der Waals surface area contributed by atoms with Gasteiger partial charge in [-0.25, -0.2) is 4.98 Å².